The summed E-state index contributed by atoms with van der Waals surface area (Å²) in [7, 11) is 1.38. The maximum atomic E-state index is 13.6. The summed E-state index contributed by atoms with van der Waals surface area (Å²) in [5, 5.41) is 15.4. The molecule has 184 valence electrons. The van der Waals surface area contributed by atoms with E-state index >= 15 is 0 Å². The topological polar surface area (TPSA) is 124 Å². The number of benzene rings is 1. The van der Waals surface area contributed by atoms with Gasteiger partial charge in [0.25, 0.3) is 5.91 Å². The first-order valence-electron chi connectivity index (χ1n) is 11.1. The first-order chi connectivity index (χ1) is 16.8. The van der Waals surface area contributed by atoms with Gasteiger partial charge >= 0.3 is 0 Å². The molecule has 12 heteroatoms. The molecule has 0 bridgehead atoms. The summed E-state index contributed by atoms with van der Waals surface area (Å²) in [4.78, 5) is 31.8. The molecular formula is C23H26FN7O4. The van der Waals surface area contributed by atoms with Crippen molar-refractivity contribution in [3.05, 3.63) is 53.1 Å². The van der Waals surface area contributed by atoms with Gasteiger partial charge in [-0.05, 0) is 42.0 Å². The molecule has 1 aliphatic heterocycles. The molecule has 1 fully saturated rings. The van der Waals surface area contributed by atoms with Crippen LogP contribution in [-0.2, 0) is 22.6 Å². The monoisotopic (exact) mass is 483 g/mol. The average Bonchev–Trinajstić information content (AvgIpc) is 3.31. The van der Waals surface area contributed by atoms with Crippen LogP contribution in [0.25, 0.3) is 11.4 Å². The van der Waals surface area contributed by atoms with Crippen molar-refractivity contribution >= 4 is 11.8 Å². The van der Waals surface area contributed by atoms with E-state index in [4.69, 9.17) is 9.47 Å². The number of morpholine rings is 1. The number of carbonyl (C=O) groups excluding carboxylic acids is 2. The number of methoxy groups -OCH3 is 1. The standard InChI is InChI=1S/C23H26FN7O4/c1-14-8-17(22-27-29-31(28-22)13-18-12-30(15(2)32)6-7-35-18)10-20(26-14)23(33)25-11-16-4-5-19(24)21(9-16)34-3/h4-5,8-10,18H,6-7,11-13H2,1-3H3,(H,25,33). The molecule has 1 saturated heterocycles. The van der Waals surface area contributed by atoms with Crippen molar-refractivity contribution in [3.8, 4) is 17.1 Å². The van der Waals surface area contributed by atoms with Gasteiger partial charge in [-0.3, -0.25) is 9.59 Å². The van der Waals surface area contributed by atoms with Crippen LogP contribution in [0.3, 0.4) is 0 Å². The zero-order valence-electron chi connectivity index (χ0n) is 19.7. The Morgan fingerprint density at radius 3 is 2.89 bits per heavy atom. The van der Waals surface area contributed by atoms with Crippen LogP contribution in [0.1, 0.15) is 28.7 Å². The van der Waals surface area contributed by atoms with Crippen LogP contribution in [-0.4, -0.2) is 74.8 Å². The van der Waals surface area contributed by atoms with Crippen molar-refractivity contribution in [2.24, 2.45) is 0 Å². The number of halogens is 1. The number of ether oxygens (including phenoxy) is 2. The van der Waals surface area contributed by atoms with Crippen molar-refractivity contribution in [2.75, 3.05) is 26.8 Å². The molecule has 2 aromatic heterocycles. The fraction of sp³-hybridized carbons (Fsp3) is 0.391. The third-order valence-electron chi connectivity index (χ3n) is 5.52. The van der Waals surface area contributed by atoms with Crippen LogP contribution in [0.15, 0.2) is 30.3 Å². The summed E-state index contributed by atoms with van der Waals surface area (Å²) in [6.07, 6.45) is -0.236. The highest BCUT2D eigenvalue weighted by Gasteiger charge is 2.23. The lowest BCUT2D eigenvalue weighted by molar-refractivity contribution is -0.137. The molecule has 1 N–H and O–H groups in total. The lowest BCUT2D eigenvalue weighted by Crippen LogP contribution is -2.46. The highest BCUT2D eigenvalue weighted by molar-refractivity contribution is 5.93. The fourth-order valence-electron chi connectivity index (χ4n) is 3.74. The lowest BCUT2D eigenvalue weighted by Gasteiger charge is -2.31. The van der Waals surface area contributed by atoms with Gasteiger partial charge in [0, 0.05) is 37.8 Å². The van der Waals surface area contributed by atoms with E-state index in [2.05, 4.69) is 25.7 Å². The molecule has 1 aromatic carbocycles. The van der Waals surface area contributed by atoms with Crippen molar-refractivity contribution in [1.82, 2.24) is 35.4 Å². The van der Waals surface area contributed by atoms with Crippen molar-refractivity contribution in [2.45, 2.75) is 33.0 Å². The molecule has 3 aromatic rings. The number of nitrogens with one attached hydrogen (secondary N) is 1. The Kier molecular flexibility index (Phi) is 7.30. The van der Waals surface area contributed by atoms with Crippen molar-refractivity contribution in [3.63, 3.8) is 0 Å². The maximum absolute atomic E-state index is 13.6. The van der Waals surface area contributed by atoms with Crippen LogP contribution >= 0.6 is 0 Å². The number of amides is 2. The number of carbonyl (C=O) groups is 2. The summed E-state index contributed by atoms with van der Waals surface area (Å²) < 4.78 is 24.3. The molecule has 11 nitrogen and oxygen atoms in total. The van der Waals surface area contributed by atoms with Crippen LogP contribution in [0.5, 0.6) is 5.75 Å². The summed E-state index contributed by atoms with van der Waals surface area (Å²) >= 11 is 0. The van der Waals surface area contributed by atoms with Gasteiger partial charge in [0.1, 0.15) is 5.69 Å². The summed E-state index contributed by atoms with van der Waals surface area (Å²) in [6, 6.07) is 7.73. The molecule has 1 unspecified atom stereocenters. The molecule has 1 aliphatic rings. The Hall–Kier alpha value is -3.93. The second-order valence-corrected chi connectivity index (χ2v) is 8.16. The smallest absolute Gasteiger partial charge is 0.270 e. The van der Waals surface area contributed by atoms with E-state index in [0.717, 1.165) is 0 Å². The quantitative estimate of drug-likeness (QED) is 0.534. The van der Waals surface area contributed by atoms with Gasteiger partial charge in [0.15, 0.2) is 11.6 Å². The van der Waals surface area contributed by atoms with Gasteiger partial charge < -0.3 is 19.7 Å². The first-order valence-corrected chi connectivity index (χ1v) is 11.1. The van der Waals surface area contributed by atoms with Gasteiger partial charge in [0.2, 0.25) is 11.7 Å². The minimum atomic E-state index is -0.473. The lowest BCUT2D eigenvalue weighted by atomic mass is 10.1. The van der Waals surface area contributed by atoms with E-state index in [0.29, 0.717) is 48.9 Å². The third-order valence-corrected chi connectivity index (χ3v) is 5.52. The number of hydrogen-bond donors (Lipinski definition) is 1. The zero-order valence-corrected chi connectivity index (χ0v) is 19.7. The molecule has 35 heavy (non-hydrogen) atoms. The molecule has 2 amide bonds. The molecule has 0 spiro atoms. The number of aryl methyl sites for hydroxylation is 1. The van der Waals surface area contributed by atoms with Gasteiger partial charge in [-0.2, -0.15) is 4.80 Å². The van der Waals surface area contributed by atoms with Crippen LogP contribution < -0.4 is 10.1 Å². The summed E-state index contributed by atoms with van der Waals surface area (Å²) in [5.74, 6) is -0.423. The van der Waals surface area contributed by atoms with Crippen LogP contribution in [0.2, 0.25) is 0 Å². The van der Waals surface area contributed by atoms with Crippen molar-refractivity contribution in [1.29, 1.82) is 0 Å². The molecule has 4 rings (SSSR count). The Balaban J connectivity index is 1.43. The first kappa shape index (κ1) is 24.2. The van der Waals surface area contributed by atoms with E-state index < -0.39 is 11.7 Å². The third kappa shape index (κ3) is 5.96. The number of nitrogens with zero attached hydrogens (tertiary/aromatic N) is 6. The SMILES string of the molecule is COc1cc(CNC(=O)c2cc(-c3nnn(CC4CN(C(C)=O)CCO4)n3)cc(C)n2)ccc1F. The molecular weight excluding hydrogens is 457 g/mol. The van der Waals surface area contributed by atoms with E-state index in [1.807, 2.05) is 0 Å². The Morgan fingerprint density at radius 2 is 2.11 bits per heavy atom. The Bertz CT molecular complexity index is 1230. The predicted octanol–water partition coefficient (Wildman–Crippen LogP) is 1.37. The minimum Gasteiger partial charge on any atom is -0.494 e. The molecule has 3 heterocycles. The van der Waals surface area contributed by atoms with E-state index in [-0.39, 0.29) is 30.0 Å². The highest BCUT2D eigenvalue weighted by atomic mass is 19.1. The van der Waals surface area contributed by atoms with Gasteiger partial charge in [0.05, 0.1) is 26.4 Å². The number of tetrazole rings is 1. The second kappa shape index (κ2) is 10.6. The molecule has 0 radical (unpaired) electrons. The number of aromatic nitrogens is 5. The normalized spacial score (nSPS) is 15.7. The molecule has 0 aliphatic carbocycles. The van der Waals surface area contributed by atoms with Crippen LogP contribution in [0, 0.1) is 12.7 Å². The summed E-state index contributed by atoms with van der Waals surface area (Å²) in [5.41, 5.74) is 2.08. The second-order valence-electron chi connectivity index (χ2n) is 8.16. The number of hydrogen-bond acceptors (Lipinski definition) is 8. The van der Waals surface area contributed by atoms with E-state index in [1.54, 1.807) is 30.0 Å². The molecule has 1 atom stereocenters. The Morgan fingerprint density at radius 1 is 1.29 bits per heavy atom. The van der Waals surface area contributed by atoms with Crippen LogP contribution in [0.4, 0.5) is 4.39 Å². The number of pyridine rings is 1. The fourth-order valence-corrected chi connectivity index (χ4v) is 3.74. The van der Waals surface area contributed by atoms with Gasteiger partial charge in [-0.25, -0.2) is 9.37 Å². The Labute approximate surface area is 201 Å². The van der Waals surface area contributed by atoms with E-state index in [1.165, 1.54) is 31.0 Å². The van der Waals surface area contributed by atoms with Gasteiger partial charge in [-0.15, -0.1) is 10.2 Å². The van der Waals surface area contributed by atoms with E-state index in [9.17, 15) is 14.0 Å². The average molecular weight is 484 g/mol. The largest absolute Gasteiger partial charge is 0.494 e. The van der Waals surface area contributed by atoms with Gasteiger partial charge in [-0.1, -0.05) is 6.07 Å². The van der Waals surface area contributed by atoms with Crippen molar-refractivity contribution < 1.29 is 23.5 Å². The predicted molar refractivity (Wildman–Crippen MR) is 122 cm³/mol. The zero-order chi connectivity index (χ0) is 24.9. The highest BCUT2D eigenvalue weighted by Crippen LogP contribution is 2.19. The number of rotatable bonds is 7. The maximum Gasteiger partial charge on any atom is 0.270 e. The minimum absolute atomic E-state index is 0.00201. The summed E-state index contributed by atoms with van der Waals surface area (Å²) in [6.45, 7) is 5.30. The molecule has 0 saturated carbocycles.